The zero-order valence-electron chi connectivity index (χ0n) is 12.4. The molecular formula is C15H15N5O2S. The summed E-state index contributed by atoms with van der Waals surface area (Å²) in [6, 6.07) is 11.0. The molecule has 3 aromatic rings. The lowest BCUT2D eigenvalue weighted by Gasteiger charge is -2.00. The average Bonchev–Trinajstić information content (AvgIpc) is 3.01. The average molecular weight is 329 g/mol. The number of nitrogen functional groups attached to an aromatic ring is 2. The van der Waals surface area contributed by atoms with Crippen LogP contribution in [0, 0.1) is 0 Å². The van der Waals surface area contributed by atoms with E-state index in [9.17, 15) is 0 Å². The van der Waals surface area contributed by atoms with Gasteiger partial charge < -0.3 is 20.7 Å². The Balaban J connectivity index is 1.69. The van der Waals surface area contributed by atoms with Gasteiger partial charge in [0, 0.05) is 17.7 Å². The van der Waals surface area contributed by atoms with Crippen LogP contribution < -0.4 is 16.2 Å². The first-order valence-corrected chi connectivity index (χ1v) is 7.75. The van der Waals surface area contributed by atoms with Gasteiger partial charge in [0.15, 0.2) is 5.16 Å². The maximum atomic E-state index is 5.64. The van der Waals surface area contributed by atoms with E-state index < -0.39 is 0 Å². The van der Waals surface area contributed by atoms with Crippen molar-refractivity contribution >= 4 is 23.4 Å². The highest BCUT2D eigenvalue weighted by molar-refractivity contribution is 7.98. The lowest BCUT2D eigenvalue weighted by Crippen LogP contribution is -1.99. The van der Waals surface area contributed by atoms with Crippen LogP contribution in [0.5, 0.6) is 5.75 Å². The number of ether oxygens (including phenoxy) is 1. The number of aromatic nitrogens is 3. The molecule has 3 rings (SSSR count). The third-order valence-electron chi connectivity index (χ3n) is 3.03. The Bertz CT molecular complexity index is 784. The van der Waals surface area contributed by atoms with Gasteiger partial charge in [0.05, 0.1) is 12.9 Å². The van der Waals surface area contributed by atoms with Crippen molar-refractivity contribution in [1.82, 2.24) is 15.1 Å². The largest absolute Gasteiger partial charge is 0.497 e. The second kappa shape index (κ2) is 6.57. The molecule has 0 unspecified atom stereocenters. The summed E-state index contributed by atoms with van der Waals surface area (Å²) in [5.41, 5.74) is 13.0. The molecule has 7 nitrogen and oxygen atoms in total. The van der Waals surface area contributed by atoms with Gasteiger partial charge in [-0.1, -0.05) is 16.9 Å². The predicted octanol–water partition coefficient (Wildman–Crippen LogP) is 2.60. The van der Waals surface area contributed by atoms with Crippen LogP contribution in [-0.4, -0.2) is 22.2 Å². The topological polar surface area (TPSA) is 113 Å². The van der Waals surface area contributed by atoms with Gasteiger partial charge >= 0.3 is 0 Å². The second-order valence-corrected chi connectivity index (χ2v) is 5.64. The summed E-state index contributed by atoms with van der Waals surface area (Å²) in [7, 11) is 1.63. The number of nitrogens with zero attached hydrogens (tertiary/aromatic N) is 3. The Kier molecular flexibility index (Phi) is 4.33. The molecule has 0 radical (unpaired) electrons. The van der Waals surface area contributed by atoms with Crippen molar-refractivity contribution < 1.29 is 9.26 Å². The van der Waals surface area contributed by atoms with Crippen molar-refractivity contribution in [1.29, 1.82) is 0 Å². The van der Waals surface area contributed by atoms with Crippen LogP contribution >= 0.6 is 11.8 Å². The summed E-state index contributed by atoms with van der Waals surface area (Å²) < 4.78 is 10.5. The Morgan fingerprint density at radius 2 is 1.78 bits per heavy atom. The molecular weight excluding hydrogens is 314 g/mol. The molecule has 8 heteroatoms. The number of anilines is 2. The standard InChI is InChI=1S/C15H15N5O2S/c1-21-10-4-2-9(3-5-10)12-6-11(22-20-12)8-23-15-18-13(16)7-14(17)19-15/h2-7H,8H2,1H3,(H4,16,17,18,19). The van der Waals surface area contributed by atoms with Gasteiger partial charge in [-0.15, -0.1) is 0 Å². The molecule has 23 heavy (non-hydrogen) atoms. The number of rotatable bonds is 5. The van der Waals surface area contributed by atoms with E-state index in [2.05, 4.69) is 15.1 Å². The number of thioether (sulfide) groups is 1. The monoisotopic (exact) mass is 329 g/mol. The van der Waals surface area contributed by atoms with Crippen LogP contribution in [0.1, 0.15) is 5.76 Å². The molecule has 1 aromatic carbocycles. The van der Waals surface area contributed by atoms with E-state index in [0.717, 1.165) is 17.0 Å². The van der Waals surface area contributed by atoms with Gasteiger partial charge in [0.2, 0.25) is 0 Å². The Morgan fingerprint density at radius 1 is 1.09 bits per heavy atom. The fraction of sp³-hybridized carbons (Fsp3) is 0.133. The number of hydrogen-bond donors (Lipinski definition) is 2. The molecule has 0 atom stereocenters. The minimum absolute atomic E-state index is 0.344. The van der Waals surface area contributed by atoms with Crippen molar-refractivity contribution in [3.05, 3.63) is 42.2 Å². The molecule has 0 spiro atoms. The summed E-state index contributed by atoms with van der Waals surface area (Å²) in [5, 5.41) is 4.57. The third-order valence-corrected chi connectivity index (χ3v) is 3.90. The van der Waals surface area contributed by atoms with E-state index in [1.165, 1.54) is 17.8 Å². The van der Waals surface area contributed by atoms with E-state index in [0.29, 0.717) is 28.3 Å². The zero-order chi connectivity index (χ0) is 16.2. The van der Waals surface area contributed by atoms with E-state index in [1.54, 1.807) is 7.11 Å². The van der Waals surface area contributed by atoms with Crippen molar-refractivity contribution in [2.24, 2.45) is 0 Å². The summed E-state index contributed by atoms with van der Waals surface area (Å²) in [4.78, 5) is 8.21. The van der Waals surface area contributed by atoms with Gasteiger partial charge in [-0.05, 0) is 24.3 Å². The predicted molar refractivity (Wildman–Crippen MR) is 88.9 cm³/mol. The summed E-state index contributed by atoms with van der Waals surface area (Å²) >= 11 is 1.38. The van der Waals surface area contributed by atoms with Crippen LogP contribution in [0.2, 0.25) is 0 Å². The smallest absolute Gasteiger partial charge is 0.191 e. The third kappa shape index (κ3) is 3.72. The van der Waals surface area contributed by atoms with Crippen molar-refractivity contribution in [2.75, 3.05) is 18.6 Å². The van der Waals surface area contributed by atoms with Crippen molar-refractivity contribution in [3.63, 3.8) is 0 Å². The summed E-state index contributed by atoms with van der Waals surface area (Å²) in [5.74, 6) is 2.73. The Labute approximate surface area is 137 Å². The molecule has 0 aliphatic carbocycles. The van der Waals surface area contributed by atoms with Crippen LogP contribution in [0.4, 0.5) is 11.6 Å². The minimum atomic E-state index is 0.344. The van der Waals surface area contributed by atoms with E-state index in [1.807, 2.05) is 30.3 Å². The lowest BCUT2D eigenvalue weighted by molar-refractivity contribution is 0.397. The molecule has 0 fully saturated rings. The molecule has 0 aliphatic heterocycles. The van der Waals surface area contributed by atoms with Gasteiger partial charge in [0.1, 0.15) is 28.8 Å². The summed E-state index contributed by atoms with van der Waals surface area (Å²) in [6.45, 7) is 0. The Morgan fingerprint density at radius 3 is 2.43 bits per heavy atom. The molecule has 2 aromatic heterocycles. The van der Waals surface area contributed by atoms with E-state index in [-0.39, 0.29) is 0 Å². The Hall–Kier alpha value is -2.74. The van der Waals surface area contributed by atoms with Crippen LogP contribution in [0.3, 0.4) is 0 Å². The van der Waals surface area contributed by atoms with E-state index in [4.69, 9.17) is 20.7 Å². The second-order valence-electron chi connectivity index (χ2n) is 4.70. The van der Waals surface area contributed by atoms with E-state index >= 15 is 0 Å². The van der Waals surface area contributed by atoms with Crippen LogP contribution in [0.15, 0.2) is 46.1 Å². The fourth-order valence-corrected chi connectivity index (χ4v) is 2.69. The maximum Gasteiger partial charge on any atom is 0.191 e. The zero-order valence-corrected chi connectivity index (χ0v) is 13.2. The summed E-state index contributed by atoms with van der Waals surface area (Å²) in [6.07, 6.45) is 0. The maximum absolute atomic E-state index is 5.64. The molecule has 2 heterocycles. The lowest BCUT2D eigenvalue weighted by atomic mass is 10.1. The first-order chi connectivity index (χ1) is 11.1. The SMILES string of the molecule is COc1ccc(-c2cc(CSc3nc(N)cc(N)n3)on2)cc1. The quantitative estimate of drug-likeness (QED) is 0.542. The molecule has 0 saturated heterocycles. The first kappa shape index (κ1) is 15.2. The van der Waals surface area contributed by atoms with Gasteiger partial charge in [-0.2, -0.15) is 0 Å². The van der Waals surface area contributed by atoms with Crippen LogP contribution in [0.25, 0.3) is 11.3 Å². The van der Waals surface area contributed by atoms with Crippen molar-refractivity contribution in [2.45, 2.75) is 10.9 Å². The molecule has 0 aliphatic rings. The number of hydrogen-bond acceptors (Lipinski definition) is 8. The molecule has 118 valence electrons. The number of nitrogens with two attached hydrogens (primary N) is 2. The normalized spacial score (nSPS) is 10.7. The molecule has 4 N–H and O–H groups in total. The van der Waals surface area contributed by atoms with Gasteiger partial charge in [-0.25, -0.2) is 9.97 Å². The molecule has 0 amide bonds. The number of benzene rings is 1. The highest BCUT2D eigenvalue weighted by Crippen LogP contribution is 2.26. The fourth-order valence-electron chi connectivity index (χ4n) is 1.94. The minimum Gasteiger partial charge on any atom is -0.497 e. The van der Waals surface area contributed by atoms with Gasteiger partial charge in [-0.3, -0.25) is 0 Å². The van der Waals surface area contributed by atoms with Crippen molar-refractivity contribution in [3.8, 4) is 17.0 Å². The highest BCUT2D eigenvalue weighted by atomic mass is 32.2. The highest BCUT2D eigenvalue weighted by Gasteiger charge is 2.09. The first-order valence-electron chi connectivity index (χ1n) is 6.77. The molecule has 0 saturated carbocycles. The number of methoxy groups -OCH3 is 1. The van der Waals surface area contributed by atoms with Gasteiger partial charge in [0.25, 0.3) is 0 Å². The molecule has 0 bridgehead atoms. The van der Waals surface area contributed by atoms with Crippen LogP contribution in [-0.2, 0) is 5.75 Å².